The number of aryl methyl sites for hydroxylation is 1. The number of benzene rings is 1. The highest BCUT2D eigenvalue weighted by Gasteiger charge is 2.42. The molecule has 3 rings (SSSR count). The molecule has 0 aromatic heterocycles. The quantitative estimate of drug-likeness (QED) is 0.858. The van der Waals surface area contributed by atoms with Crippen molar-refractivity contribution in [3.63, 3.8) is 0 Å². The van der Waals surface area contributed by atoms with E-state index < -0.39 is 12.1 Å². The second kappa shape index (κ2) is 8.50. The minimum atomic E-state index is -4.22. The minimum Gasteiger partial charge on any atom is -0.335 e. The number of carbonyl (C=O) groups excluding carboxylic acids is 1. The summed E-state index contributed by atoms with van der Waals surface area (Å²) in [5.74, 6) is -1.40. The maximum atomic E-state index is 12.9. The number of piperidine rings is 2. The second-order valence-corrected chi connectivity index (χ2v) is 7.75. The molecule has 1 N–H and O–H groups in total. The lowest BCUT2D eigenvalue weighted by molar-refractivity contribution is -0.184. The highest BCUT2D eigenvalue weighted by molar-refractivity contribution is 5.74. The monoisotopic (exact) mass is 383 g/mol. The zero-order valence-electron chi connectivity index (χ0n) is 15.8. The van der Waals surface area contributed by atoms with Crippen molar-refractivity contribution in [2.24, 2.45) is 5.92 Å². The molecular formula is C20H28F3N3O. The van der Waals surface area contributed by atoms with E-state index in [0.29, 0.717) is 13.0 Å². The number of urea groups is 1. The first kappa shape index (κ1) is 20.0. The summed E-state index contributed by atoms with van der Waals surface area (Å²) in [6, 6.07) is 8.01. The number of rotatable bonds is 3. The van der Waals surface area contributed by atoms with Crippen LogP contribution in [0.1, 0.15) is 36.8 Å². The van der Waals surface area contributed by atoms with Crippen molar-refractivity contribution in [3.8, 4) is 0 Å². The summed E-state index contributed by atoms with van der Waals surface area (Å²) in [4.78, 5) is 16.1. The van der Waals surface area contributed by atoms with Gasteiger partial charge in [-0.2, -0.15) is 13.2 Å². The van der Waals surface area contributed by atoms with Gasteiger partial charge in [0.05, 0.1) is 5.92 Å². The molecule has 2 aliphatic heterocycles. The predicted molar refractivity (Wildman–Crippen MR) is 98.4 cm³/mol. The van der Waals surface area contributed by atoms with Gasteiger partial charge in [0.25, 0.3) is 0 Å². The first-order valence-electron chi connectivity index (χ1n) is 9.72. The highest BCUT2D eigenvalue weighted by atomic mass is 19.4. The van der Waals surface area contributed by atoms with Crippen LogP contribution < -0.4 is 5.32 Å². The molecular weight excluding hydrogens is 355 g/mol. The van der Waals surface area contributed by atoms with Crippen molar-refractivity contribution in [3.05, 3.63) is 35.4 Å². The zero-order chi connectivity index (χ0) is 19.4. The molecule has 2 heterocycles. The lowest BCUT2D eigenvalue weighted by Crippen LogP contribution is -2.52. The average Bonchev–Trinajstić information content (AvgIpc) is 2.64. The smallest absolute Gasteiger partial charge is 0.335 e. The molecule has 2 aliphatic rings. The highest BCUT2D eigenvalue weighted by Crippen LogP contribution is 2.33. The molecule has 0 bridgehead atoms. The summed E-state index contributed by atoms with van der Waals surface area (Å²) in [7, 11) is 0. The summed E-state index contributed by atoms with van der Waals surface area (Å²) in [5.41, 5.74) is 2.59. The normalized spacial score (nSPS) is 22.7. The SMILES string of the molecule is Cc1ccccc1CN1CCC(NC(=O)N2CCC[C@H](C(F)(F)F)C2)CC1. The largest absolute Gasteiger partial charge is 0.393 e. The van der Waals surface area contributed by atoms with Gasteiger partial charge in [-0.3, -0.25) is 4.90 Å². The summed E-state index contributed by atoms with van der Waals surface area (Å²) in [5, 5.41) is 2.95. The third-order valence-electron chi connectivity index (χ3n) is 5.74. The summed E-state index contributed by atoms with van der Waals surface area (Å²) in [6.07, 6.45) is -2.04. The summed E-state index contributed by atoms with van der Waals surface area (Å²) in [6.45, 7) is 4.95. The fraction of sp³-hybridized carbons (Fsp3) is 0.650. The molecule has 0 radical (unpaired) electrons. The van der Waals surface area contributed by atoms with E-state index in [9.17, 15) is 18.0 Å². The Balaban J connectivity index is 1.45. The number of carbonyl (C=O) groups is 1. The third-order valence-corrected chi connectivity index (χ3v) is 5.74. The van der Waals surface area contributed by atoms with Crippen molar-refractivity contribution in [2.45, 2.75) is 51.4 Å². The number of alkyl halides is 3. The van der Waals surface area contributed by atoms with Gasteiger partial charge in [0.2, 0.25) is 0 Å². The topological polar surface area (TPSA) is 35.6 Å². The Labute approximate surface area is 158 Å². The fourth-order valence-corrected chi connectivity index (χ4v) is 3.96. The minimum absolute atomic E-state index is 0.0388. The Bertz CT molecular complexity index is 642. The number of halogens is 3. The Morgan fingerprint density at radius 1 is 1.15 bits per heavy atom. The number of nitrogens with zero attached hydrogens (tertiary/aromatic N) is 2. The summed E-state index contributed by atoms with van der Waals surface area (Å²) >= 11 is 0. The molecule has 1 aromatic carbocycles. The molecule has 1 atom stereocenters. The lowest BCUT2D eigenvalue weighted by atomic mass is 9.97. The zero-order valence-corrected chi connectivity index (χ0v) is 15.8. The van der Waals surface area contributed by atoms with Crippen molar-refractivity contribution in [2.75, 3.05) is 26.2 Å². The van der Waals surface area contributed by atoms with Gasteiger partial charge >= 0.3 is 12.2 Å². The Morgan fingerprint density at radius 3 is 2.52 bits per heavy atom. The van der Waals surface area contributed by atoms with Crippen LogP contribution in [0.5, 0.6) is 0 Å². The van der Waals surface area contributed by atoms with Crippen molar-refractivity contribution in [1.82, 2.24) is 15.1 Å². The van der Waals surface area contributed by atoms with Crippen molar-refractivity contribution in [1.29, 1.82) is 0 Å². The first-order chi connectivity index (χ1) is 12.8. The molecule has 7 heteroatoms. The van der Waals surface area contributed by atoms with Gasteiger partial charge in [-0.25, -0.2) is 4.79 Å². The molecule has 27 heavy (non-hydrogen) atoms. The van der Waals surface area contributed by atoms with E-state index in [2.05, 4.69) is 29.3 Å². The summed E-state index contributed by atoms with van der Waals surface area (Å²) < 4.78 is 38.8. The van der Waals surface area contributed by atoms with Crippen LogP contribution in [-0.2, 0) is 6.54 Å². The van der Waals surface area contributed by atoms with E-state index in [1.54, 1.807) is 0 Å². The van der Waals surface area contributed by atoms with E-state index in [1.807, 2.05) is 12.1 Å². The lowest BCUT2D eigenvalue weighted by Gasteiger charge is -2.37. The van der Waals surface area contributed by atoms with Gasteiger partial charge in [0.1, 0.15) is 0 Å². The Kier molecular flexibility index (Phi) is 6.29. The average molecular weight is 383 g/mol. The molecule has 0 aliphatic carbocycles. The number of hydrogen-bond donors (Lipinski definition) is 1. The molecule has 4 nitrogen and oxygen atoms in total. The molecule has 1 aromatic rings. The number of hydrogen-bond acceptors (Lipinski definition) is 2. The van der Waals surface area contributed by atoms with E-state index in [-0.39, 0.29) is 25.0 Å². The molecule has 0 saturated carbocycles. The maximum absolute atomic E-state index is 12.9. The van der Waals surface area contributed by atoms with Gasteiger partial charge in [-0.1, -0.05) is 24.3 Å². The van der Waals surface area contributed by atoms with Gasteiger partial charge < -0.3 is 10.2 Å². The van der Waals surface area contributed by atoms with Gasteiger partial charge in [-0.15, -0.1) is 0 Å². The molecule has 2 amide bonds. The van der Waals surface area contributed by atoms with Crippen LogP contribution in [-0.4, -0.2) is 54.2 Å². The van der Waals surface area contributed by atoms with Crippen LogP contribution in [0.25, 0.3) is 0 Å². The van der Waals surface area contributed by atoms with E-state index in [4.69, 9.17) is 0 Å². The van der Waals surface area contributed by atoms with Crippen LogP contribution in [0.15, 0.2) is 24.3 Å². The molecule has 2 fully saturated rings. The second-order valence-electron chi connectivity index (χ2n) is 7.75. The standard InChI is InChI=1S/C20H28F3N3O/c1-15-5-2-3-6-16(15)13-25-11-8-18(9-12-25)24-19(27)26-10-4-7-17(14-26)20(21,22)23/h2-3,5-6,17-18H,4,7-14H2,1H3,(H,24,27)/t17-/m0/s1. The number of amides is 2. The van der Waals surface area contributed by atoms with Crippen LogP contribution in [0.2, 0.25) is 0 Å². The van der Waals surface area contributed by atoms with Crippen LogP contribution in [0, 0.1) is 12.8 Å². The number of nitrogens with one attached hydrogen (secondary N) is 1. The molecule has 150 valence electrons. The van der Waals surface area contributed by atoms with Crippen LogP contribution in [0.4, 0.5) is 18.0 Å². The van der Waals surface area contributed by atoms with Gasteiger partial charge in [-0.05, 0) is 43.7 Å². The van der Waals surface area contributed by atoms with E-state index >= 15 is 0 Å². The Morgan fingerprint density at radius 2 is 1.85 bits per heavy atom. The predicted octanol–water partition coefficient (Wildman–Crippen LogP) is 3.94. The van der Waals surface area contributed by atoms with Crippen molar-refractivity contribution >= 4 is 6.03 Å². The Hall–Kier alpha value is -1.76. The third kappa shape index (κ3) is 5.37. The van der Waals surface area contributed by atoms with Gasteiger partial charge in [0.15, 0.2) is 0 Å². The van der Waals surface area contributed by atoms with Crippen LogP contribution >= 0.6 is 0 Å². The molecule has 2 saturated heterocycles. The van der Waals surface area contributed by atoms with Gasteiger partial charge in [0, 0.05) is 38.8 Å². The van der Waals surface area contributed by atoms with E-state index in [0.717, 1.165) is 32.5 Å². The van der Waals surface area contributed by atoms with E-state index in [1.165, 1.54) is 16.0 Å². The fourth-order valence-electron chi connectivity index (χ4n) is 3.96. The molecule has 0 unspecified atom stereocenters. The molecule has 0 spiro atoms. The number of likely N-dealkylation sites (tertiary alicyclic amines) is 2. The first-order valence-corrected chi connectivity index (χ1v) is 9.72. The van der Waals surface area contributed by atoms with Crippen molar-refractivity contribution < 1.29 is 18.0 Å². The van der Waals surface area contributed by atoms with Crippen LogP contribution in [0.3, 0.4) is 0 Å². The maximum Gasteiger partial charge on any atom is 0.393 e.